The van der Waals surface area contributed by atoms with Crippen molar-refractivity contribution in [3.63, 3.8) is 0 Å². The molecule has 0 aliphatic carbocycles. The monoisotopic (exact) mass is 299 g/mol. The van der Waals surface area contributed by atoms with Crippen molar-refractivity contribution in [3.8, 4) is 5.75 Å². The summed E-state index contributed by atoms with van der Waals surface area (Å²) in [6.45, 7) is 3.22. The van der Waals surface area contributed by atoms with Gasteiger partial charge in [-0.15, -0.1) is 0 Å². The summed E-state index contributed by atoms with van der Waals surface area (Å²) < 4.78 is 6.09. The zero-order chi connectivity index (χ0) is 13.7. The molecule has 2 atom stereocenters. The highest BCUT2D eigenvalue weighted by atomic mass is 35.5. The van der Waals surface area contributed by atoms with Crippen molar-refractivity contribution >= 4 is 23.4 Å². The normalized spacial score (nSPS) is 21.8. The highest BCUT2D eigenvalue weighted by Gasteiger charge is 2.27. The third-order valence-corrected chi connectivity index (χ3v) is 4.30. The van der Waals surface area contributed by atoms with Crippen LogP contribution in [0.25, 0.3) is 0 Å². The van der Waals surface area contributed by atoms with Gasteiger partial charge in [-0.3, -0.25) is 0 Å². The van der Waals surface area contributed by atoms with Crippen LogP contribution >= 0.6 is 23.4 Å². The van der Waals surface area contributed by atoms with Gasteiger partial charge in [0.05, 0.1) is 0 Å². The Labute approximate surface area is 125 Å². The number of nitrogens with one attached hydrogen (secondary N) is 1. The molecule has 1 heterocycles. The summed E-state index contributed by atoms with van der Waals surface area (Å²) in [5.74, 6) is 2.14. The van der Waals surface area contributed by atoms with Crippen molar-refractivity contribution in [2.75, 3.05) is 18.6 Å². The third-order valence-electron chi connectivity index (χ3n) is 3.42. The van der Waals surface area contributed by atoms with Gasteiger partial charge in [-0.25, -0.2) is 0 Å². The minimum absolute atomic E-state index is 0.315. The Kier molecular flexibility index (Phi) is 5.86. The van der Waals surface area contributed by atoms with Crippen LogP contribution in [0.1, 0.15) is 37.8 Å². The van der Waals surface area contributed by atoms with Gasteiger partial charge in [0.1, 0.15) is 11.9 Å². The van der Waals surface area contributed by atoms with Crippen molar-refractivity contribution in [2.24, 2.45) is 0 Å². The van der Waals surface area contributed by atoms with E-state index >= 15 is 0 Å². The maximum Gasteiger partial charge on any atom is 0.124 e. The molecule has 0 spiro atoms. The number of ether oxygens (including phenoxy) is 1. The van der Waals surface area contributed by atoms with Crippen molar-refractivity contribution in [3.05, 3.63) is 28.8 Å². The maximum atomic E-state index is 6.11. The lowest BCUT2D eigenvalue weighted by Gasteiger charge is -2.33. The van der Waals surface area contributed by atoms with Gasteiger partial charge in [0.2, 0.25) is 0 Å². The standard InChI is InChI=1S/C15H22ClNOS/c1-3-7-17-14-10-12(6-8-19-2)18-15-5-4-11(16)9-13(14)15/h4-5,9,12,14,17H,3,6-8,10H2,1-2H3. The molecule has 2 nitrogen and oxygen atoms in total. The second-order valence-corrected chi connectivity index (χ2v) is 6.37. The van der Waals surface area contributed by atoms with E-state index in [1.165, 1.54) is 5.56 Å². The molecular formula is C15H22ClNOS. The summed E-state index contributed by atoms with van der Waals surface area (Å²) in [6.07, 6.45) is 5.74. The van der Waals surface area contributed by atoms with Crippen LogP contribution in [-0.4, -0.2) is 24.7 Å². The number of halogens is 1. The molecular weight excluding hydrogens is 278 g/mol. The van der Waals surface area contributed by atoms with Crippen LogP contribution < -0.4 is 10.1 Å². The third kappa shape index (κ3) is 4.04. The Hall–Kier alpha value is -0.380. The molecule has 2 unspecified atom stereocenters. The number of rotatable bonds is 6. The lowest BCUT2D eigenvalue weighted by Crippen LogP contribution is -2.33. The largest absolute Gasteiger partial charge is 0.490 e. The zero-order valence-corrected chi connectivity index (χ0v) is 13.2. The first-order valence-electron chi connectivity index (χ1n) is 6.93. The number of hydrogen-bond donors (Lipinski definition) is 1. The van der Waals surface area contributed by atoms with Crippen LogP contribution in [0.3, 0.4) is 0 Å². The number of benzene rings is 1. The fourth-order valence-corrected chi connectivity index (χ4v) is 3.13. The van der Waals surface area contributed by atoms with E-state index in [4.69, 9.17) is 16.3 Å². The van der Waals surface area contributed by atoms with E-state index < -0.39 is 0 Å². The fourth-order valence-electron chi connectivity index (χ4n) is 2.45. The SMILES string of the molecule is CCCNC1CC(CCSC)Oc2ccc(Cl)cc21. The topological polar surface area (TPSA) is 21.3 Å². The van der Waals surface area contributed by atoms with Gasteiger partial charge in [0.15, 0.2) is 0 Å². The summed E-state index contributed by atoms with van der Waals surface area (Å²) in [7, 11) is 0. The Balaban J connectivity index is 2.14. The summed E-state index contributed by atoms with van der Waals surface area (Å²) >= 11 is 7.99. The molecule has 0 saturated carbocycles. The quantitative estimate of drug-likeness (QED) is 0.847. The number of fused-ring (bicyclic) bond motifs is 1. The molecule has 1 aliphatic rings. The summed E-state index contributed by atoms with van der Waals surface area (Å²) in [6, 6.07) is 6.32. The first kappa shape index (κ1) is 15.0. The number of thioether (sulfide) groups is 1. The number of hydrogen-bond acceptors (Lipinski definition) is 3. The van der Waals surface area contributed by atoms with E-state index in [1.54, 1.807) is 0 Å². The molecule has 0 aromatic heterocycles. The van der Waals surface area contributed by atoms with E-state index in [9.17, 15) is 0 Å². The molecule has 106 valence electrons. The van der Waals surface area contributed by atoms with E-state index in [1.807, 2.05) is 30.0 Å². The van der Waals surface area contributed by atoms with Crippen molar-refractivity contribution in [1.29, 1.82) is 0 Å². The summed E-state index contributed by atoms with van der Waals surface area (Å²) in [5.41, 5.74) is 1.21. The molecule has 0 saturated heterocycles. The second-order valence-electron chi connectivity index (χ2n) is 4.95. The molecule has 0 bridgehead atoms. The van der Waals surface area contributed by atoms with Crippen LogP contribution in [0.4, 0.5) is 0 Å². The first-order valence-corrected chi connectivity index (χ1v) is 8.70. The van der Waals surface area contributed by atoms with Crippen LogP contribution in [0, 0.1) is 0 Å². The van der Waals surface area contributed by atoms with E-state index in [0.29, 0.717) is 12.1 Å². The van der Waals surface area contributed by atoms with Crippen molar-refractivity contribution in [2.45, 2.75) is 38.3 Å². The van der Waals surface area contributed by atoms with Gasteiger partial charge >= 0.3 is 0 Å². The zero-order valence-electron chi connectivity index (χ0n) is 11.6. The molecule has 1 N–H and O–H groups in total. The van der Waals surface area contributed by atoms with E-state index in [-0.39, 0.29) is 0 Å². The smallest absolute Gasteiger partial charge is 0.124 e. The average molecular weight is 300 g/mol. The molecule has 1 aromatic carbocycles. The Morgan fingerprint density at radius 3 is 3.05 bits per heavy atom. The second kappa shape index (κ2) is 7.41. The highest BCUT2D eigenvalue weighted by molar-refractivity contribution is 7.98. The molecule has 2 rings (SSSR count). The van der Waals surface area contributed by atoms with Gasteiger partial charge in [-0.2, -0.15) is 11.8 Å². The first-order chi connectivity index (χ1) is 9.24. The lowest BCUT2D eigenvalue weighted by molar-refractivity contribution is 0.147. The van der Waals surface area contributed by atoms with E-state index in [2.05, 4.69) is 18.5 Å². The Morgan fingerprint density at radius 1 is 1.47 bits per heavy atom. The Morgan fingerprint density at radius 2 is 2.32 bits per heavy atom. The van der Waals surface area contributed by atoms with Crippen LogP contribution in [0.15, 0.2) is 18.2 Å². The summed E-state index contributed by atoms with van der Waals surface area (Å²) in [5, 5.41) is 4.40. The van der Waals surface area contributed by atoms with Gasteiger partial charge in [-0.1, -0.05) is 18.5 Å². The molecule has 4 heteroatoms. The van der Waals surface area contributed by atoms with Gasteiger partial charge in [0, 0.05) is 23.0 Å². The fraction of sp³-hybridized carbons (Fsp3) is 0.600. The molecule has 0 radical (unpaired) electrons. The van der Waals surface area contributed by atoms with Crippen LogP contribution in [-0.2, 0) is 0 Å². The minimum Gasteiger partial charge on any atom is -0.490 e. The highest BCUT2D eigenvalue weighted by Crippen LogP contribution is 2.37. The van der Waals surface area contributed by atoms with Crippen LogP contribution in [0.5, 0.6) is 5.75 Å². The van der Waals surface area contributed by atoms with Gasteiger partial charge in [0.25, 0.3) is 0 Å². The molecule has 0 amide bonds. The maximum absolute atomic E-state index is 6.11. The van der Waals surface area contributed by atoms with Crippen LogP contribution in [0.2, 0.25) is 5.02 Å². The van der Waals surface area contributed by atoms with Gasteiger partial charge in [-0.05, 0) is 49.6 Å². The van der Waals surface area contributed by atoms with Crippen molar-refractivity contribution < 1.29 is 4.74 Å². The van der Waals surface area contributed by atoms with E-state index in [0.717, 1.165) is 42.3 Å². The lowest BCUT2D eigenvalue weighted by atomic mass is 9.95. The minimum atomic E-state index is 0.315. The van der Waals surface area contributed by atoms with Crippen molar-refractivity contribution in [1.82, 2.24) is 5.32 Å². The van der Waals surface area contributed by atoms with Gasteiger partial charge < -0.3 is 10.1 Å². The predicted molar refractivity (Wildman–Crippen MR) is 84.5 cm³/mol. The molecule has 1 aliphatic heterocycles. The molecule has 19 heavy (non-hydrogen) atoms. The average Bonchev–Trinajstić information content (AvgIpc) is 2.42. The Bertz CT molecular complexity index is 413. The molecule has 0 fully saturated rings. The summed E-state index contributed by atoms with van der Waals surface area (Å²) in [4.78, 5) is 0. The predicted octanol–water partition coefficient (Wildman–Crippen LogP) is 4.28. The molecule has 1 aromatic rings.